The number of ether oxygens (including phenoxy) is 1. The summed E-state index contributed by atoms with van der Waals surface area (Å²) in [4.78, 5) is 19.0. The summed E-state index contributed by atoms with van der Waals surface area (Å²) >= 11 is 5.92. The molecule has 0 N–H and O–H groups in total. The molecule has 0 bridgehead atoms. The van der Waals surface area contributed by atoms with Crippen LogP contribution in [0.4, 0.5) is 5.82 Å². The fourth-order valence-corrected chi connectivity index (χ4v) is 2.85. The molecule has 114 valence electrons. The van der Waals surface area contributed by atoms with Crippen molar-refractivity contribution in [2.45, 2.75) is 19.8 Å². The van der Waals surface area contributed by atoms with Gasteiger partial charge in [0.15, 0.2) is 0 Å². The second-order valence-corrected chi connectivity index (χ2v) is 5.80. The monoisotopic (exact) mass is 316 g/mol. The molecule has 1 aliphatic rings. The van der Waals surface area contributed by atoms with E-state index in [9.17, 15) is 4.79 Å². The van der Waals surface area contributed by atoms with Gasteiger partial charge in [0, 0.05) is 24.3 Å². The highest BCUT2D eigenvalue weighted by Gasteiger charge is 2.22. The number of hydrogen-bond acceptors (Lipinski definition) is 4. The predicted octanol–water partition coefficient (Wildman–Crippen LogP) is 3.86. The number of halogens is 1. The Morgan fingerprint density at radius 1 is 1.27 bits per heavy atom. The Kier molecular flexibility index (Phi) is 4.29. The molecule has 0 unspecified atom stereocenters. The maximum Gasteiger partial charge on any atom is 0.347 e. The van der Waals surface area contributed by atoms with Crippen molar-refractivity contribution in [3.8, 4) is 5.75 Å². The summed E-state index contributed by atoms with van der Waals surface area (Å²) in [6.45, 7) is 3.72. The molecule has 0 aliphatic carbocycles. The zero-order valence-corrected chi connectivity index (χ0v) is 13.1. The van der Waals surface area contributed by atoms with Crippen LogP contribution in [0.3, 0.4) is 0 Å². The maximum atomic E-state index is 12.5. The van der Waals surface area contributed by atoms with Gasteiger partial charge < -0.3 is 9.64 Å². The summed E-state index contributed by atoms with van der Waals surface area (Å²) in [6, 6.07) is 8.71. The van der Waals surface area contributed by atoms with Crippen LogP contribution in [0.1, 0.15) is 28.8 Å². The summed E-state index contributed by atoms with van der Waals surface area (Å²) in [5, 5.41) is 0.622. The Hall–Kier alpha value is -2.07. The smallest absolute Gasteiger partial charge is 0.347 e. The lowest BCUT2D eigenvalue weighted by Gasteiger charge is -2.19. The van der Waals surface area contributed by atoms with Crippen LogP contribution in [0.2, 0.25) is 5.02 Å². The van der Waals surface area contributed by atoms with Crippen molar-refractivity contribution in [3.05, 3.63) is 52.7 Å². The molecule has 0 spiro atoms. The van der Waals surface area contributed by atoms with E-state index < -0.39 is 0 Å². The highest BCUT2D eigenvalue weighted by molar-refractivity contribution is 6.30. The first-order valence-electron chi connectivity index (χ1n) is 7.33. The predicted molar refractivity (Wildman–Crippen MR) is 86.8 cm³/mol. The molecule has 0 atom stereocenters. The maximum absolute atomic E-state index is 12.5. The Balaban J connectivity index is 1.86. The molecule has 1 aromatic carbocycles. The highest BCUT2D eigenvalue weighted by Crippen LogP contribution is 2.26. The summed E-state index contributed by atoms with van der Waals surface area (Å²) in [5.74, 6) is 0.836. The Morgan fingerprint density at radius 2 is 2.05 bits per heavy atom. The molecule has 2 heterocycles. The Labute approximate surface area is 134 Å². The van der Waals surface area contributed by atoms with Crippen LogP contribution in [-0.4, -0.2) is 24.0 Å². The topological polar surface area (TPSA) is 42.4 Å². The standard InChI is InChI=1S/C17H17ClN2O2/c1-12-11-13(18)6-7-15(12)22-17(21)14-5-4-8-19-16(14)20-9-2-3-10-20/h4-8,11H,2-3,9-10H2,1H3. The van der Waals surface area contributed by atoms with Gasteiger partial charge in [-0.3, -0.25) is 0 Å². The minimum Gasteiger partial charge on any atom is -0.423 e. The number of esters is 1. The number of benzene rings is 1. The van der Waals surface area contributed by atoms with Gasteiger partial charge in [-0.25, -0.2) is 9.78 Å². The van der Waals surface area contributed by atoms with Crippen molar-refractivity contribution in [1.29, 1.82) is 0 Å². The van der Waals surface area contributed by atoms with Crippen LogP contribution < -0.4 is 9.64 Å². The quantitative estimate of drug-likeness (QED) is 0.637. The molecule has 22 heavy (non-hydrogen) atoms. The number of carbonyl (C=O) groups is 1. The Morgan fingerprint density at radius 3 is 2.77 bits per heavy atom. The zero-order valence-electron chi connectivity index (χ0n) is 12.4. The molecule has 0 saturated carbocycles. The van der Waals surface area contributed by atoms with Crippen LogP contribution in [0.25, 0.3) is 0 Å². The molecule has 5 heteroatoms. The molecule has 1 aliphatic heterocycles. The van der Waals surface area contributed by atoms with Crippen molar-refractivity contribution in [2.24, 2.45) is 0 Å². The van der Waals surface area contributed by atoms with Crippen LogP contribution >= 0.6 is 11.6 Å². The fraction of sp³-hybridized carbons (Fsp3) is 0.294. The van der Waals surface area contributed by atoms with Crippen LogP contribution in [0.15, 0.2) is 36.5 Å². The number of rotatable bonds is 3. The number of carbonyl (C=O) groups excluding carboxylic acids is 1. The van der Waals surface area contributed by atoms with E-state index in [0.29, 0.717) is 22.2 Å². The minimum absolute atomic E-state index is 0.388. The van der Waals surface area contributed by atoms with Gasteiger partial charge in [-0.2, -0.15) is 0 Å². The summed E-state index contributed by atoms with van der Waals surface area (Å²) in [6.07, 6.45) is 3.96. The molecule has 2 aromatic rings. The van der Waals surface area contributed by atoms with E-state index in [1.165, 1.54) is 0 Å². The van der Waals surface area contributed by atoms with Gasteiger partial charge in [0.05, 0.1) is 0 Å². The minimum atomic E-state index is -0.388. The lowest BCUT2D eigenvalue weighted by molar-refractivity contribution is 0.0734. The molecule has 0 radical (unpaired) electrons. The summed E-state index contributed by atoms with van der Waals surface area (Å²) in [7, 11) is 0. The molecule has 0 amide bonds. The van der Waals surface area contributed by atoms with Gasteiger partial charge in [0.1, 0.15) is 17.1 Å². The molecular formula is C17H17ClN2O2. The summed E-state index contributed by atoms with van der Waals surface area (Å²) < 4.78 is 5.52. The number of pyridine rings is 1. The number of hydrogen-bond donors (Lipinski definition) is 0. The third kappa shape index (κ3) is 3.07. The molecule has 1 aromatic heterocycles. The van der Waals surface area contributed by atoms with Crippen LogP contribution in [0.5, 0.6) is 5.75 Å². The first-order valence-corrected chi connectivity index (χ1v) is 7.71. The normalized spacial score (nSPS) is 14.2. The van der Waals surface area contributed by atoms with E-state index in [2.05, 4.69) is 9.88 Å². The third-order valence-corrected chi connectivity index (χ3v) is 3.99. The average Bonchev–Trinajstić information content (AvgIpc) is 3.04. The van der Waals surface area contributed by atoms with Crippen molar-refractivity contribution >= 4 is 23.4 Å². The van der Waals surface area contributed by atoms with Gasteiger partial charge in [-0.15, -0.1) is 0 Å². The van der Waals surface area contributed by atoms with Gasteiger partial charge in [-0.05, 0) is 55.7 Å². The van der Waals surface area contributed by atoms with E-state index >= 15 is 0 Å². The van der Waals surface area contributed by atoms with Gasteiger partial charge >= 0.3 is 5.97 Å². The second kappa shape index (κ2) is 6.36. The lowest BCUT2D eigenvalue weighted by atomic mass is 10.2. The van der Waals surface area contributed by atoms with E-state index in [-0.39, 0.29) is 5.97 Å². The van der Waals surface area contributed by atoms with E-state index in [1.807, 2.05) is 6.92 Å². The van der Waals surface area contributed by atoms with Gasteiger partial charge in [0.2, 0.25) is 0 Å². The number of aryl methyl sites for hydroxylation is 1. The van der Waals surface area contributed by atoms with Crippen molar-refractivity contribution in [1.82, 2.24) is 4.98 Å². The lowest BCUT2D eigenvalue weighted by Crippen LogP contribution is -2.23. The van der Waals surface area contributed by atoms with Crippen LogP contribution in [-0.2, 0) is 0 Å². The van der Waals surface area contributed by atoms with E-state index in [1.54, 1.807) is 36.5 Å². The molecule has 1 saturated heterocycles. The number of nitrogens with zero attached hydrogens (tertiary/aromatic N) is 2. The zero-order chi connectivity index (χ0) is 15.5. The first kappa shape index (κ1) is 14.9. The van der Waals surface area contributed by atoms with Crippen molar-refractivity contribution < 1.29 is 9.53 Å². The highest BCUT2D eigenvalue weighted by atomic mass is 35.5. The van der Waals surface area contributed by atoms with Crippen molar-refractivity contribution in [3.63, 3.8) is 0 Å². The molecule has 4 nitrogen and oxygen atoms in total. The van der Waals surface area contributed by atoms with E-state index in [4.69, 9.17) is 16.3 Å². The van der Waals surface area contributed by atoms with Gasteiger partial charge in [0.25, 0.3) is 0 Å². The summed E-state index contributed by atoms with van der Waals surface area (Å²) in [5.41, 5.74) is 1.33. The SMILES string of the molecule is Cc1cc(Cl)ccc1OC(=O)c1cccnc1N1CCCC1. The molecular weight excluding hydrogens is 300 g/mol. The average molecular weight is 317 g/mol. The number of aromatic nitrogens is 1. The van der Waals surface area contributed by atoms with Crippen LogP contribution in [0, 0.1) is 6.92 Å². The first-order chi connectivity index (χ1) is 10.6. The van der Waals surface area contributed by atoms with E-state index in [0.717, 1.165) is 31.5 Å². The molecule has 3 rings (SSSR count). The fourth-order valence-electron chi connectivity index (χ4n) is 2.62. The second-order valence-electron chi connectivity index (χ2n) is 5.37. The van der Waals surface area contributed by atoms with Crippen molar-refractivity contribution in [2.75, 3.05) is 18.0 Å². The Bertz CT molecular complexity index is 697. The third-order valence-electron chi connectivity index (χ3n) is 3.75. The molecule has 1 fully saturated rings. The largest absolute Gasteiger partial charge is 0.423 e. The number of anilines is 1. The van der Waals surface area contributed by atoms with Gasteiger partial charge in [-0.1, -0.05) is 11.6 Å².